The maximum absolute atomic E-state index is 10.4. The maximum atomic E-state index is 10.4. The number of aromatic hydroxyl groups is 2. The molecular weight excluding hydrogens is 308 g/mol. The Kier molecular flexibility index (Phi) is 6.46. The Balaban J connectivity index is 2.51. The van der Waals surface area contributed by atoms with Crippen molar-refractivity contribution in [2.24, 2.45) is 0 Å². The molecule has 3 N–H and O–H groups in total. The maximum Gasteiger partial charge on any atom is 0.127 e. The van der Waals surface area contributed by atoms with Crippen LogP contribution in [-0.2, 0) is 17.6 Å². The summed E-state index contributed by atoms with van der Waals surface area (Å²) < 4.78 is 10.6. The number of benzene rings is 2. The number of hydrogen-bond donors (Lipinski definition) is 3. The number of methoxy groups -OCH3 is 1. The van der Waals surface area contributed by atoms with E-state index in [1.165, 1.54) is 6.07 Å². The standard InChI is InChI=1S/C19H23O5/c1-3-15-16(7-9-24-10-8-20)19(18(22)12-17(15)21)13-5-4-6-14(11-13)23-2/h4,6,11-12,20-22H,3,7-10H2,1-2H3. The highest BCUT2D eigenvalue weighted by molar-refractivity contribution is 5.77. The Morgan fingerprint density at radius 2 is 1.88 bits per heavy atom. The highest BCUT2D eigenvalue weighted by Gasteiger charge is 2.18. The molecule has 0 atom stereocenters. The van der Waals surface area contributed by atoms with E-state index in [1.54, 1.807) is 25.3 Å². The van der Waals surface area contributed by atoms with Crippen LogP contribution in [-0.4, -0.2) is 42.3 Å². The van der Waals surface area contributed by atoms with Gasteiger partial charge in [-0.2, -0.15) is 0 Å². The molecule has 0 heterocycles. The summed E-state index contributed by atoms with van der Waals surface area (Å²) in [5.41, 5.74) is 2.90. The first kappa shape index (κ1) is 18.1. The lowest BCUT2D eigenvalue weighted by Crippen LogP contribution is -2.06. The van der Waals surface area contributed by atoms with Crippen molar-refractivity contribution in [1.29, 1.82) is 0 Å². The molecule has 129 valence electrons. The summed E-state index contributed by atoms with van der Waals surface area (Å²) in [4.78, 5) is 0. The summed E-state index contributed by atoms with van der Waals surface area (Å²) in [6.45, 7) is 2.55. The van der Waals surface area contributed by atoms with E-state index in [9.17, 15) is 10.2 Å². The smallest absolute Gasteiger partial charge is 0.127 e. The normalized spacial score (nSPS) is 10.8. The molecule has 24 heavy (non-hydrogen) atoms. The molecule has 2 rings (SSSR count). The summed E-state index contributed by atoms with van der Waals surface area (Å²) in [6.07, 6.45) is 1.13. The number of phenols is 2. The van der Waals surface area contributed by atoms with Crippen molar-refractivity contribution in [3.8, 4) is 28.4 Å². The fourth-order valence-corrected chi connectivity index (χ4v) is 2.78. The fourth-order valence-electron chi connectivity index (χ4n) is 2.78. The Morgan fingerprint density at radius 1 is 1.08 bits per heavy atom. The van der Waals surface area contributed by atoms with Gasteiger partial charge in [-0.1, -0.05) is 13.0 Å². The predicted molar refractivity (Wildman–Crippen MR) is 91.6 cm³/mol. The first-order valence-electron chi connectivity index (χ1n) is 7.93. The number of phenolic OH excluding ortho intramolecular Hbond substituents is 2. The Hall–Kier alpha value is -2.24. The molecule has 0 aliphatic carbocycles. The van der Waals surface area contributed by atoms with Crippen LogP contribution in [0.15, 0.2) is 24.3 Å². The van der Waals surface area contributed by atoms with Gasteiger partial charge >= 0.3 is 0 Å². The van der Waals surface area contributed by atoms with Gasteiger partial charge in [-0.15, -0.1) is 0 Å². The molecule has 0 spiro atoms. The SMILES string of the molecule is CCc1c(O)cc(O)c(-c2[c]ccc(OC)c2)c1CCOCCO. The van der Waals surface area contributed by atoms with E-state index in [2.05, 4.69) is 6.07 Å². The third-order valence-electron chi connectivity index (χ3n) is 3.87. The van der Waals surface area contributed by atoms with Gasteiger partial charge in [0.05, 0.1) is 26.9 Å². The van der Waals surface area contributed by atoms with Crippen molar-refractivity contribution >= 4 is 0 Å². The first-order chi connectivity index (χ1) is 11.6. The number of hydrogen-bond acceptors (Lipinski definition) is 5. The van der Waals surface area contributed by atoms with Gasteiger partial charge in [0.2, 0.25) is 0 Å². The van der Waals surface area contributed by atoms with E-state index >= 15 is 0 Å². The third kappa shape index (κ3) is 3.99. The largest absolute Gasteiger partial charge is 0.508 e. The highest BCUT2D eigenvalue weighted by atomic mass is 16.5. The minimum atomic E-state index is -0.0392. The molecule has 2 aromatic rings. The second-order valence-electron chi connectivity index (χ2n) is 5.33. The molecule has 5 heteroatoms. The summed E-state index contributed by atoms with van der Waals surface area (Å²) in [6, 6.07) is 9.78. The van der Waals surface area contributed by atoms with Crippen LogP contribution in [0.1, 0.15) is 18.1 Å². The zero-order valence-corrected chi connectivity index (χ0v) is 14.0. The summed E-state index contributed by atoms with van der Waals surface area (Å²) >= 11 is 0. The molecule has 0 aliphatic heterocycles. The fraction of sp³-hybridized carbons (Fsp3) is 0.368. The number of rotatable bonds is 8. The Labute approximate surface area is 142 Å². The zero-order valence-electron chi connectivity index (χ0n) is 14.0. The average molecular weight is 331 g/mol. The van der Waals surface area contributed by atoms with Gasteiger partial charge in [-0.25, -0.2) is 0 Å². The van der Waals surface area contributed by atoms with E-state index in [0.29, 0.717) is 36.3 Å². The topological polar surface area (TPSA) is 79.2 Å². The molecule has 0 aromatic heterocycles. The van der Waals surface area contributed by atoms with Gasteiger partial charge in [-0.3, -0.25) is 0 Å². The molecule has 0 saturated carbocycles. The molecular formula is C19H23O5. The van der Waals surface area contributed by atoms with Crippen LogP contribution < -0.4 is 4.74 Å². The second kappa shape index (κ2) is 8.57. The van der Waals surface area contributed by atoms with Gasteiger partial charge in [-0.05, 0) is 47.7 Å². The van der Waals surface area contributed by atoms with Crippen LogP contribution in [0.25, 0.3) is 11.1 Å². The highest BCUT2D eigenvalue weighted by Crippen LogP contribution is 2.40. The van der Waals surface area contributed by atoms with Crippen molar-refractivity contribution in [2.45, 2.75) is 19.8 Å². The van der Waals surface area contributed by atoms with Gasteiger partial charge in [0, 0.05) is 11.6 Å². The average Bonchev–Trinajstić information content (AvgIpc) is 2.58. The van der Waals surface area contributed by atoms with Crippen molar-refractivity contribution < 1.29 is 24.8 Å². The zero-order chi connectivity index (χ0) is 17.5. The first-order valence-corrected chi connectivity index (χ1v) is 7.93. The van der Waals surface area contributed by atoms with E-state index in [0.717, 1.165) is 11.1 Å². The molecule has 2 aromatic carbocycles. The molecule has 0 amide bonds. The minimum absolute atomic E-state index is 0.00800. The number of aliphatic hydroxyl groups is 1. The second-order valence-corrected chi connectivity index (χ2v) is 5.33. The van der Waals surface area contributed by atoms with E-state index < -0.39 is 0 Å². The van der Waals surface area contributed by atoms with Crippen molar-refractivity contribution in [3.63, 3.8) is 0 Å². The molecule has 5 nitrogen and oxygen atoms in total. The van der Waals surface area contributed by atoms with Crippen LogP contribution in [0.2, 0.25) is 0 Å². The van der Waals surface area contributed by atoms with Gasteiger partial charge in [0.15, 0.2) is 0 Å². The lowest BCUT2D eigenvalue weighted by molar-refractivity contribution is 0.0943. The predicted octanol–water partition coefficient (Wildman–Crippen LogP) is 2.69. The van der Waals surface area contributed by atoms with Crippen LogP contribution in [0.3, 0.4) is 0 Å². The molecule has 1 radical (unpaired) electrons. The molecule has 0 saturated heterocycles. The minimum Gasteiger partial charge on any atom is -0.508 e. The number of aliphatic hydroxyl groups excluding tert-OH is 1. The van der Waals surface area contributed by atoms with Crippen molar-refractivity contribution in [1.82, 2.24) is 0 Å². The molecule has 0 unspecified atom stereocenters. The summed E-state index contributed by atoms with van der Waals surface area (Å²) in [5.74, 6) is 0.724. The van der Waals surface area contributed by atoms with Crippen molar-refractivity contribution in [2.75, 3.05) is 26.9 Å². The quantitative estimate of drug-likeness (QED) is 0.648. The molecule has 0 aliphatic rings. The number of ether oxygens (including phenoxy) is 2. The molecule has 0 bridgehead atoms. The molecule has 0 fully saturated rings. The van der Waals surface area contributed by atoms with Crippen LogP contribution >= 0.6 is 0 Å². The van der Waals surface area contributed by atoms with Gasteiger partial charge in [0.25, 0.3) is 0 Å². The Morgan fingerprint density at radius 3 is 2.54 bits per heavy atom. The monoisotopic (exact) mass is 331 g/mol. The third-order valence-corrected chi connectivity index (χ3v) is 3.87. The van der Waals surface area contributed by atoms with Gasteiger partial charge in [0.1, 0.15) is 17.2 Å². The van der Waals surface area contributed by atoms with E-state index in [-0.39, 0.29) is 24.7 Å². The summed E-state index contributed by atoms with van der Waals surface area (Å²) in [7, 11) is 1.58. The summed E-state index contributed by atoms with van der Waals surface area (Å²) in [5, 5.41) is 29.4. The Bertz CT molecular complexity index is 682. The van der Waals surface area contributed by atoms with Crippen LogP contribution in [0.5, 0.6) is 17.2 Å². The van der Waals surface area contributed by atoms with Crippen molar-refractivity contribution in [3.05, 3.63) is 41.5 Å². The van der Waals surface area contributed by atoms with E-state index in [1.807, 2.05) is 6.92 Å². The lowest BCUT2D eigenvalue weighted by Gasteiger charge is -2.18. The van der Waals surface area contributed by atoms with Gasteiger partial charge < -0.3 is 24.8 Å². The van der Waals surface area contributed by atoms with Crippen LogP contribution in [0, 0.1) is 6.07 Å². The van der Waals surface area contributed by atoms with Crippen LogP contribution in [0.4, 0.5) is 0 Å². The lowest BCUT2D eigenvalue weighted by atomic mass is 9.90. The van der Waals surface area contributed by atoms with E-state index in [4.69, 9.17) is 14.6 Å².